The van der Waals surface area contributed by atoms with E-state index in [-0.39, 0.29) is 35.4 Å². The number of piperidine rings is 1. The van der Waals surface area contributed by atoms with Crippen molar-refractivity contribution in [2.24, 2.45) is 5.92 Å². The largest absolute Gasteiger partial charge is 0.465 e. The normalized spacial score (nSPS) is 16.5. The van der Waals surface area contributed by atoms with Gasteiger partial charge in [-0.05, 0) is 37.6 Å². The summed E-state index contributed by atoms with van der Waals surface area (Å²) in [6, 6.07) is 4.33. The maximum Gasteiger partial charge on any atom is 0.337 e. The molecule has 1 aliphatic rings. The Kier molecular flexibility index (Phi) is 7.67. The fourth-order valence-corrected chi connectivity index (χ4v) is 2.49. The second kappa shape index (κ2) is 9.24. The van der Waals surface area contributed by atoms with Crippen LogP contribution in [0.25, 0.3) is 0 Å². The molecular formula is C16H21ClN2O5. The molecule has 7 nitrogen and oxygen atoms in total. The number of nitrogens with one attached hydrogen (secondary N) is 2. The van der Waals surface area contributed by atoms with E-state index in [0.717, 1.165) is 19.4 Å². The molecule has 132 valence electrons. The van der Waals surface area contributed by atoms with Crippen LogP contribution in [0.15, 0.2) is 18.2 Å². The number of carbonyl (C=O) groups excluding carboxylic acids is 3. The number of carbonyl (C=O) groups is 3. The maximum atomic E-state index is 12.3. The third kappa shape index (κ3) is 4.94. The van der Waals surface area contributed by atoms with Gasteiger partial charge < -0.3 is 20.1 Å². The van der Waals surface area contributed by atoms with Crippen molar-refractivity contribution >= 4 is 35.9 Å². The zero-order valence-electron chi connectivity index (χ0n) is 13.6. The molecule has 0 aliphatic carbocycles. The molecule has 1 aromatic rings. The van der Waals surface area contributed by atoms with Crippen molar-refractivity contribution in [3.63, 3.8) is 0 Å². The van der Waals surface area contributed by atoms with Gasteiger partial charge in [0.15, 0.2) is 0 Å². The first-order valence-electron chi connectivity index (χ1n) is 7.38. The van der Waals surface area contributed by atoms with E-state index in [2.05, 4.69) is 20.1 Å². The molecule has 1 heterocycles. The van der Waals surface area contributed by atoms with Gasteiger partial charge in [0.25, 0.3) is 0 Å². The minimum atomic E-state index is -0.592. The summed E-state index contributed by atoms with van der Waals surface area (Å²) in [5, 5.41) is 5.93. The molecule has 1 fully saturated rings. The molecule has 1 saturated heterocycles. The summed E-state index contributed by atoms with van der Waals surface area (Å²) >= 11 is 0. The van der Waals surface area contributed by atoms with Crippen LogP contribution in [0.4, 0.5) is 5.69 Å². The van der Waals surface area contributed by atoms with Crippen molar-refractivity contribution in [1.29, 1.82) is 0 Å². The molecule has 0 aromatic heterocycles. The van der Waals surface area contributed by atoms with Gasteiger partial charge in [0, 0.05) is 12.2 Å². The van der Waals surface area contributed by atoms with Gasteiger partial charge in [-0.3, -0.25) is 4.79 Å². The van der Waals surface area contributed by atoms with Crippen LogP contribution in [0.3, 0.4) is 0 Å². The van der Waals surface area contributed by atoms with Crippen molar-refractivity contribution in [3.05, 3.63) is 29.3 Å². The number of esters is 2. The Morgan fingerprint density at radius 3 is 2.12 bits per heavy atom. The number of hydrogen-bond donors (Lipinski definition) is 2. The molecular weight excluding hydrogens is 336 g/mol. The van der Waals surface area contributed by atoms with Crippen molar-refractivity contribution in [3.8, 4) is 0 Å². The average Bonchev–Trinajstić information content (AvgIpc) is 2.60. The Morgan fingerprint density at radius 2 is 1.67 bits per heavy atom. The summed E-state index contributed by atoms with van der Waals surface area (Å²) in [5.41, 5.74) is 0.712. The second-order valence-corrected chi connectivity index (χ2v) is 5.31. The summed E-state index contributed by atoms with van der Waals surface area (Å²) in [6.45, 7) is 1.53. The van der Waals surface area contributed by atoms with Crippen molar-refractivity contribution in [2.75, 3.05) is 32.6 Å². The van der Waals surface area contributed by atoms with Crippen LogP contribution >= 0.6 is 12.4 Å². The fraction of sp³-hybridized carbons (Fsp3) is 0.438. The highest BCUT2D eigenvalue weighted by atomic mass is 35.5. The SMILES string of the molecule is COC(=O)c1cc(NC(=O)[C@@H]2CCCNC2)cc(C(=O)OC)c1.Cl. The van der Waals surface area contributed by atoms with E-state index in [1.54, 1.807) is 0 Å². The molecule has 24 heavy (non-hydrogen) atoms. The molecule has 2 N–H and O–H groups in total. The van der Waals surface area contributed by atoms with Crippen LogP contribution in [0.1, 0.15) is 33.6 Å². The summed E-state index contributed by atoms with van der Waals surface area (Å²) < 4.78 is 9.33. The summed E-state index contributed by atoms with van der Waals surface area (Å²) in [7, 11) is 2.50. The van der Waals surface area contributed by atoms with Gasteiger partial charge in [-0.25, -0.2) is 9.59 Å². The van der Waals surface area contributed by atoms with Crippen LogP contribution in [-0.2, 0) is 14.3 Å². The molecule has 0 bridgehead atoms. The number of rotatable bonds is 4. The van der Waals surface area contributed by atoms with Gasteiger partial charge in [-0.15, -0.1) is 12.4 Å². The number of benzene rings is 1. The topological polar surface area (TPSA) is 93.7 Å². The van der Waals surface area contributed by atoms with Gasteiger partial charge in [0.05, 0.1) is 31.3 Å². The van der Waals surface area contributed by atoms with E-state index in [0.29, 0.717) is 12.2 Å². The second-order valence-electron chi connectivity index (χ2n) is 5.31. The van der Waals surface area contributed by atoms with E-state index in [9.17, 15) is 14.4 Å². The van der Waals surface area contributed by atoms with Gasteiger partial charge in [-0.1, -0.05) is 0 Å². The van der Waals surface area contributed by atoms with Crippen LogP contribution in [-0.4, -0.2) is 45.2 Å². The lowest BCUT2D eigenvalue weighted by Gasteiger charge is -2.22. The average molecular weight is 357 g/mol. The molecule has 1 aromatic carbocycles. The number of ether oxygens (including phenoxy) is 2. The van der Waals surface area contributed by atoms with Gasteiger partial charge in [0.2, 0.25) is 5.91 Å². The van der Waals surface area contributed by atoms with E-state index in [1.165, 1.54) is 32.4 Å². The van der Waals surface area contributed by atoms with Crippen LogP contribution in [0.2, 0.25) is 0 Å². The quantitative estimate of drug-likeness (QED) is 0.796. The monoisotopic (exact) mass is 356 g/mol. The summed E-state index contributed by atoms with van der Waals surface area (Å²) in [6.07, 6.45) is 1.74. The fourth-order valence-electron chi connectivity index (χ4n) is 2.49. The predicted octanol–water partition coefficient (Wildman–Crippen LogP) is 1.62. The first-order valence-corrected chi connectivity index (χ1v) is 7.38. The molecule has 8 heteroatoms. The van der Waals surface area contributed by atoms with E-state index >= 15 is 0 Å². The third-order valence-corrected chi connectivity index (χ3v) is 3.71. The summed E-state index contributed by atoms with van der Waals surface area (Å²) in [5.74, 6) is -1.46. The van der Waals surface area contributed by atoms with Gasteiger partial charge in [-0.2, -0.15) is 0 Å². The maximum absolute atomic E-state index is 12.3. The molecule has 0 saturated carbocycles. The van der Waals surface area contributed by atoms with Gasteiger partial charge in [0.1, 0.15) is 0 Å². The molecule has 0 spiro atoms. The first-order chi connectivity index (χ1) is 11.0. The number of amides is 1. The highest BCUT2D eigenvalue weighted by Gasteiger charge is 2.22. The molecule has 0 unspecified atom stereocenters. The lowest BCUT2D eigenvalue weighted by Crippen LogP contribution is -2.37. The molecule has 2 rings (SSSR count). The number of anilines is 1. The standard InChI is InChI=1S/C16H20N2O5.ClH/c1-22-15(20)11-6-12(16(21)23-2)8-13(7-11)18-14(19)10-4-3-5-17-9-10;/h6-8,10,17H,3-5,9H2,1-2H3,(H,18,19);1H/t10-;/m1./s1. The van der Waals surface area contributed by atoms with E-state index < -0.39 is 11.9 Å². The van der Waals surface area contributed by atoms with Crippen LogP contribution < -0.4 is 10.6 Å². The molecule has 1 amide bonds. The van der Waals surface area contributed by atoms with E-state index in [4.69, 9.17) is 0 Å². The third-order valence-electron chi connectivity index (χ3n) is 3.71. The molecule has 0 radical (unpaired) electrons. The minimum Gasteiger partial charge on any atom is -0.465 e. The van der Waals surface area contributed by atoms with Crippen molar-refractivity contribution < 1.29 is 23.9 Å². The van der Waals surface area contributed by atoms with Crippen LogP contribution in [0.5, 0.6) is 0 Å². The predicted molar refractivity (Wildman–Crippen MR) is 90.6 cm³/mol. The Balaban J connectivity index is 0.00000288. The lowest BCUT2D eigenvalue weighted by molar-refractivity contribution is -0.120. The Morgan fingerprint density at radius 1 is 1.08 bits per heavy atom. The van der Waals surface area contributed by atoms with Crippen molar-refractivity contribution in [1.82, 2.24) is 5.32 Å². The Hall–Kier alpha value is -2.12. The zero-order valence-corrected chi connectivity index (χ0v) is 14.4. The van der Waals surface area contributed by atoms with Crippen LogP contribution in [0, 0.1) is 5.92 Å². The van der Waals surface area contributed by atoms with E-state index in [1.807, 2.05) is 0 Å². The highest BCUT2D eigenvalue weighted by molar-refractivity contribution is 6.00. The number of methoxy groups -OCH3 is 2. The molecule has 1 atom stereocenters. The highest BCUT2D eigenvalue weighted by Crippen LogP contribution is 2.19. The Labute approximate surface area is 146 Å². The number of hydrogen-bond acceptors (Lipinski definition) is 6. The Bertz CT molecular complexity index is 580. The smallest absolute Gasteiger partial charge is 0.337 e. The number of halogens is 1. The van der Waals surface area contributed by atoms with Gasteiger partial charge >= 0.3 is 11.9 Å². The van der Waals surface area contributed by atoms with Crippen molar-refractivity contribution in [2.45, 2.75) is 12.8 Å². The summed E-state index contributed by atoms with van der Waals surface area (Å²) in [4.78, 5) is 35.7. The zero-order chi connectivity index (χ0) is 16.8. The minimum absolute atomic E-state index is 0. The lowest BCUT2D eigenvalue weighted by atomic mass is 9.98. The first kappa shape index (κ1) is 19.9. The molecule has 1 aliphatic heterocycles.